The van der Waals surface area contributed by atoms with Crippen LogP contribution < -0.4 is 5.46 Å². The van der Waals surface area contributed by atoms with Crippen molar-refractivity contribution in [2.45, 2.75) is 9.79 Å². The number of benzene rings is 3. The predicted octanol–water partition coefficient (Wildman–Crippen LogP) is 4.04. The van der Waals surface area contributed by atoms with Crippen molar-refractivity contribution in [1.82, 2.24) is 4.57 Å². The van der Waals surface area contributed by atoms with E-state index in [4.69, 9.17) is 7.85 Å². The van der Waals surface area contributed by atoms with Gasteiger partial charge in [0.25, 0.3) is 0 Å². The quantitative estimate of drug-likeness (QED) is 0.388. The Bertz CT molecular complexity index is 1030. The highest BCUT2D eigenvalue weighted by Crippen LogP contribution is 2.45. The normalized spacial score (nSPS) is 12.8. The molecule has 5 rings (SSSR count). The summed E-state index contributed by atoms with van der Waals surface area (Å²) in [6.07, 6.45) is 0. The third kappa shape index (κ3) is 1.44. The molecule has 0 N–H and O–H groups in total. The third-order valence-corrected chi connectivity index (χ3v) is 5.20. The van der Waals surface area contributed by atoms with Crippen molar-refractivity contribution in [1.29, 1.82) is 0 Å². The van der Waals surface area contributed by atoms with Crippen LogP contribution >= 0.6 is 11.8 Å². The van der Waals surface area contributed by atoms with Crippen molar-refractivity contribution >= 4 is 46.9 Å². The van der Waals surface area contributed by atoms with Crippen LogP contribution in [0, 0.1) is 0 Å². The van der Waals surface area contributed by atoms with E-state index in [2.05, 4.69) is 59.2 Å². The van der Waals surface area contributed by atoms with E-state index in [-0.39, 0.29) is 0 Å². The van der Waals surface area contributed by atoms with Crippen LogP contribution in [0.2, 0.25) is 0 Å². The fraction of sp³-hybridized carbons (Fsp3) is 0. The van der Waals surface area contributed by atoms with Crippen molar-refractivity contribution in [3.05, 3.63) is 60.7 Å². The first-order valence-corrected chi connectivity index (χ1v) is 7.74. The van der Waals surface area contributed by atoms with Gasteiger partial charge >= 0.3 is 0 Å². The van der Waals surface area contributed by atoms with Gasteiger partial charge < -0.3 is 4.57 Å². The van der Waals surface area contributed by atoms with E-state index in [9.17, 15) is 0 Å². The second kappa shape index (κ2) is 3.95. The highest BCUT2D eigenvalue weighted by atomic mass is 32.2. The summed E-state index contributed by atoms with van der Waals surface area (Å²) >= 11 is 1.80. The Morgan fingerprint density at radius 3 is 2.62 bits per heavy atom. The highest BCUT2D eigenvalue weighted by molar-refractivity contribution is 7.99. The number of nitrogens with zero attached hydrogens (tertiary/aromatic N) is 1. The van der Waals surface area contributed by atoms with Crippen LogP contribution in [-0.4, -0.2) is 12.4 Å². The van der Waals surface area contributed by atoms with E-state index in [1.807, 2.05) is 6.07 Å². The zero-order valence-corrected chi connectivity index (χ0v) is 12.0. The molecule has 0 amide bonds. The van der Waals surface area contributed by atoms with Crippen LogP contribution in [0.25, 0.3) is 27.5 Å². The smallest absolute Gasteiger partial charge is 0.113 e. The maximum Gasteiger partial charge on any atom is 0.113 e. The Hall–Kier alpha value is -2.13. The summed E-state index contributed by atoms with van der Waals surface area (Å²) in [5.74, 6) is 0. The first-order chi connectivity index (χ1) is 10.3. The molecular weight excluding hydrogens is 273 g/mol. The van der Waals surface area contributed by atoms with Crippen LogP contribution in [0.5, 0.6) is 0 Å². The lowest BCUT2D eigenvalue weighted by atomic mass is 9.96. The van der Waals surface area contributed by atoms with E-state index in [1.54, 1.807) is 11.8 Å². The minimum atomic E-state index is 0.813. The van der Waals surface area contributed by atoms with Crippen molar-refractivity contribution < 1.29 is 0 Å². The fourth-order valence-corrected chi connectivity index (χ4v) is 4.38. The Balaban J connectivity index is 2.07. The van der Waals surface area contributed by atoms with E-state index < -0.39 is 0 Å². The molecule has 0 fully saturated rings. The molecule has 21 heavy (non-hydrogen) atoms. The van der Waals surface area contributed by atoms with Gasteiger partial charge in [0, 0.05) is 20.6 Å². The predicted molar refractivity (Wildman–Crippen MR) is 90.3 cm³/mol. The summed E-state index contributed by atoms with van der Waals surface area (Å²) in [4.78, 5) is 2.51. The van der Waals surface area contributed by atoms with Gasteiger partial charge in [-0.1, -0.05) is 59.7 Å². The lowest BCUT2D eigenvalue weighted by Gasteiger charge is -2.20. The van der Waals surface area contributed by atoms with Crippen LogP contribution in [0.3, 0.4) is 0 Å². The van der Waals surface area contributed by atoms with Gasteiger partial charge in [-0.25, -0.2) is 0 Å². The average molecular weight is 283 g/mol. The first kappa shape index (κ1) is 11.5. The maximum absolute atomic E-state index is 5.96. The molecule has 1 aliphatic heterocycles. The first-order valence-electron chi connectivity index (χ1n) is 6.93. The van der Waals surface area contributed by atoms with Gasteiger partial charge in [-0.15, -0.1) is 0 Å². The van der Waals surface area contributed by atoms with Crippen molar-refractivity contribution in [2.24, 2.45) is 0 Å². The van der Waals surface area contributed by atoms with E-state index in [0.717, 1.165) is 5.46 Å². The van der Waals surface area contributed by atoms with Gasteiger partial charge in [0.1, 0.15) is 7.85 Å². The second-order valence-electron chi connectivity index (χ2n) is 5.33. The fourth-order valence-electron chi connectivity index (χ4n) is 3.24. The van der Waals surface area contributed by atoms with Gasteiger partial charge in [0.15, 0.2) is 0 Å². The average Bonchev–Trinajstić information content (AvgIpc) is 2.84. The van der Waals surface area contributed by atoms with Crippen molar-refractivity contribution in [3.63, 3.8) is 0 Å². The van der Waals surface area contributed by atoms with Crippen LogP contribution in [0.1, 0.15) is 0 Å². The standard InChI is InChI=1S/C18H10BNS/c19-11-8-9-15-17(10-11)21-16-7-3-5-13-12-4-1-2-6-14(12)20(15)18(13)16/h1-10H. The zero-order chi connectivity index (χ0) is 14.0. The molecule has 0 bridgehead atoms. The summed E-state index contributed by atoms with van der Waals surface area (Å²) in [6.45, 7) is 0. The topological polar surface area (TPSA) is 4.93 Å². The second-order valence-corrected chi connectivity index (χ2v) is 6.42. The largest absolute Gasteiger partial charge is 0.307 e. The number of hydrogen-bond acceptors (Lipinski definition) is 1. The summed E-state index contributed by atoms with van der Waals surface area (Å²) in [7, 11) is 5.96. The summed E-state index contributed by atoms with van der Waals surface area (Å²) < 4.78 is 2.37. The molecule has 4 aromatic rings. The molecule has 0 spiro atoms. The monoisotopic (exact) mass is 283 g/mol. The molecule has 1 nitrogen and oxygen atoms in total. The molecule has 0 aliphatic carbocycles. The minimum absolute atomic E-state index is 0.813. The van der Waals surface area contributed by atoms with E-state index in [0.29, 0.717) is 0 Å². The molecular formula is C18H10BNS. The van der Waals surface area contributed by atoms with Gasteiger partial charge in [-0.3, -0.25) is 0 Å². The lowest BCUT2D eigenvalue weighted by Crippen LogP contribution is -2.07. The van der Waals surface area contributed by atoms with Crippen molar-refractivity contribution in [3.8, 4) is 5.69 Å². The van der Waals surface area contributed by atoms with Crippen LogP contribution in [0.15, 0.2) is 70.5 Å². The van der Waals surface area contributed by atoms with Gasteiger partial charge in [0.05, 0.1) is 16.7 Å². The van der Waals surface area contributed by atoms with E-state index in [1.165, 1.54) is 37.3 Å². The lowest BCUT2D eigenvalue weighted by molar-refractivity contribution is 1.09. The van der Waals surface area contributed by atoms with Crippen molar-refractivity contribution in [2.75, 3.05) is 0 Å². The van der Waals surface area contributed by atoms with Crippen LogP contribution in [-0.2, 0) is 0 Å². The van der Waals surface area contributed by atoms with Gasteiger partial charge in [-0.2, -0.15) is 0 Å². The molecule has 1 aliphatic rings. The molecule has 0 saturated heterocycles. The Labute approximate surface area is 128 Å². The maximum atomic E-state index is 5.96. The molecule has 1 aromatic heterocycles. The summed E-state index contributed by atoms with van der Waals surface area (Å²) in [5, 5.41) is 2.62. The van der Waals surface area contributed by atoms with Crippen LogP contribution in [0.4, 0.5) is 0 Å². The molecule has 3 heteroatoms. The molecule has 2 radical (unpaired) electrons. The molecule has 2 heterocycles. The number of fused-ring (bicyclic) bond motifs is 5. The summed E-state index contributed by atoms with van der Waals surface area (Å²) in [5.41, 5.74) is 4.60. The Morgan fingerprint density at radius 2 is 1.67 bits per heavy atom. The minimum Gasteiger partial charge on any atom is -0.307 e. The van der Waals surface area contributed by atoms with E-state index >= 15 is 0 Å². The Morgan fingerprint density at radius 1 is 0.810 bits per heavy atom. The van der Waals surface area contributed by atoms with Gasteiger partial charge in [0.2, 0.25) is 0 Å². The zero-order valence-electron chi connectivity index (χ0n) is 11.2. The molecule has 3 aromatic carbocycles. The molecule has 0 atom stereocenters. The number of para-hydroxylation sites is 2. The van der Waals surface area contributed by atoms with Gasteiger partial charge in [-0.05, 0) is 18.2 Å². The SMILES string of the molecule is [B]c1ccc2c(c1)Sc1cccc3c4ccccc4n-2c13. The number of aromatic nitrogens is 1. The molecule has 96 valence electrons. The number of rotatable bonds is 0. The number of hydrogen-bond donors (Lipinski definition) is 0. The third-order valence-electron chi connectivity index (χ3n) is 4.10. The Kier molecular flexibility index (Phi) is 2.17. The summed E-state index contributed by atoms with van der Waals surface area (Å²) in [6, 6.07) is 21.3. The molecule has 0 saturated carbocycles. The molecule has 0 unspecified atom stereocenters. The highest BCUT2D eigenvalue weighted by Gasteiger charge is 2.22.